The molecule has 28 heavy (non-hydrogen) atoms. The number of nitrogens with two attached hydrogens (primary N) is 1. The molecule has 3 amide bonds. The number of anilines is 1. The molecule has 2 aromatic carbocycles. The van der Waals surface area contributed by atoms with Crippen molar-refractivity contribution in [2.24, 2.45) is 5.73 Å². The number of primary amides is 1. The Morgan fingerprint density at radius 3 is 2.64 bits per heavy atom. The Hall–Kier alpha value is -3.26. The molecule has 0 aliphatic rings. The number of amides is 3. The van der Waals surface area contributed by atoms with Crippen molar-refractivity contribution in [3.8, 4) is 0 Å². The SMILES string of the molecule is C[C@H](NC(=O)Cc1cccc2ccccc12)C(=O)Nc1nc(CC(N)=O)cs1. The Labute approximate surface area is 166 Å². The predicted molar refractivity (Wildman–Crippen MR) is 109 cm³/mol. The van der Waals surface area contributed by atoms with Gasteiger partial charge in [0.15, 0.2) is 5.13 Å². The third kappa shape index (κ3) is 4.92. The highest BCUT2D eigenvalue weighted by Crippen LogP contribution is 2.19. The predicted octanol–water partition coefficient (Wildman–Crippen LogP) is 2.01. The van der Waals surface area contributed by atoms with E-state index in [-0.39, 0.29) is 24.7 Å². The van der Waals surface area contributed by atoms with E-state index < -0.39 is 11.9 Å². The van der Waals surface area contributed by atoms with Gasteiger partial charge in [0, 0.05) is 5.38 Å². The number of nitrogens with zero attached hydrogens (tertiary/aromatic N) is 1. The van der Waals surface area contributed by atoms with E-state index in [0.29, 0.717) is 10.8 Å². The fourth-order valence-electron chi connectivity index (χ4n) is 2.82. The molecule has 0 saturated heterocycles. The smallest absolute Gasteiger partial charge is 0.248 e. The number of thiazole rings is 1. The molecule has 3 aromatic rings. The van der Waals surface area contributed by atoms with Crippen LogP contribution in [0.25, 0.3) is 10.8 Å². The Kier molecular flexibility index (Phi) is 6.00. The summed E-state index contributed by atoms with van der Waals surface area (Å²) >= 11 is 1.20. The van der Waals surface area contributed by atoms with Crippen molar-refractivity contribution >= 4 is 45.0 Å². The molecule has 0 aliphatic carbocycles. The Morgan fingerprint density at radius 1 is 1.11 bits per heavy atom. The molecule has 1 aromatic heterocycles. The molecule has 3 rings (SSSR count). The summed E-state index contributed by atoms with van der Waals surface area (Å²) in [7, 11) is 0. The van der Waals surface area contributed by atoms with Gasteiger partial charge in [0.2, 0.25) is 17.7 Å². The molecule has 0 fully saturated rings. The third-order valence-electron chi connectivity index (χ3n) is 4.14. The lowest BCUT2D eigenvalue weighted by molar-refractivity contribution is -0.125. The maximum atomic E-state index is 12.4. The second kappa shape index (κ2) is 8.62. The molecule has 0 spiro atoms. The topological polar surface area (TPSA) is 114 Å². The van der Waals surface area contributed by atoms with Crippen LogP contribution >= 0.6 is 11.3 Å². The van der Waals surface area contributed by atoms with Gasteiger partial charge >= 0.3 is 0 Å². The quantitative estimate of drug-likeness (QED) is 0.567. The first-order chi connectivity index (χ1) is 13.4. The summed E-state index contributed by atoms with van der Waals surface area (Å²) in [5.74, 6) is -1.11. The van der Waals surface area contributed by atoms with Crippen LogP contribution in [-0.2, 0) is 27.2 Å². The number of fused-ring (bicyclic) bond motifs is 1. The van der Waals surface area contributed by atoms with Gasteiger partial charge in [-0.15, -0.1) is 11.3 Å². The van der Waals surface area contributed by atoms with Gasteiger partial charge in [-0.2, -0.15) is 0 Å². The lowest BCUT2D eigenvalue weighted by Gasteiger charge is -2.13. The summed E-state index contributed by atoms with van der Waals surface area (Å²) in [5.41, 5.74) is 6.53. The van der Waals surface area contributed by atoms with Crippen molar-refractivity contribution in [2.75, 3.05) is 5.32 Å². The average molecular weight is 396 g/mol. The van der Waals surface area contributed by atoms with Crippen molar-refractivity contribution < 1.29 is 14.4 Å². The maximum absolute atomic E-state index is 12.4. The summed E-state index contributed by atoms with van der Waals surface area (Å²) in [4.78, 5) is 39.7. The van der Waals surface area contributed by atoms with Gasteiger partial charge in [-0.25, -0.2) is 4.98 Å². The minimum atomic E-state index is -0.731. The average Bonchev–Trinajstić information content (AvgIpc) is 3.08. The van der Waals surface area contributed by atoms with Gasteiger partial charge in [0.1, 0.15) is 6.04 Å². The molecular weight excluding hydrogens is 376 g/mol. The normalized spacial score (nSPS) is 11.8. The summed E-state index contributed by atoms with van der Waals surface area (Å²) in [6.45, 7) is 1.61. The van der Waals surface area contributed by atoms with Crippen LogP contribution in [0.4, 0.5) is 5.13 Å². The lowest BCUT2D eigenvalue weighted by Crippen LogP contribution is -2.42. The van der Waals surface area contributed by atoms with Gasteiger partial charge in [-0.1, -0.05) is 42.5 Å². The molecule has 144 valence electrons. The number of rotatable bonds is 7. The number of carbonyl (C=O) groups excluding carboxylic acids is 3. The van der Waals surface area contributed by atoms with Crippen LogP contribution in [-0.4, -0.2) is 28.7 Å². The number of benzene rings is 2. The fourth-order valence-corrected chi connectivity index (χ4v) is 3.53. The number of carbonyl (C=O) groups is 3. The molecule has 0 radical (unpaired) electrons. The van der Waals surface area contributed by atoms with Crippen LogP contribution in [0.1, 0.15) is 18.2 Å². The van der Waals surface area contributed by atoms with Crippen LogP contribution in [0, 0.1) is 0 Å². The highest BCUT2D eigenvalue weighted by molar-refractivity contribution is 7.13. The Bertz CT molecular complexity index is 1030. The van der Waals surface area contributed by atoms with E-state index in [9.17, 15) is 14.4 Å². The van der Waals surface area contributed by atoms with E-state index in [4.69, 9.17) is 5.73 Å². The second-order valence-corrected chi connectivity index (χ2v) is 7.24. The Balaban J connectivity index is 1.58. The zero-order valence-corrected chi connectivity index (χ0v) is 16.1. The van der Waals surface area contributed by atoms with Gasteiger partial charge in [-0.05, 0) is 23.3 Å². The minimum Gasteiger partial charge on any atom is -0.369 e. The Morgan fingerprint density at radius 2 is 1.86 bits per heavy atom. The molecule has 0 bridgehead atoms. The molecule has 8 heteroatoms. The van der Waals surface area contributed by atoms with Crippen molar-refractivity contribution in [1.82, 2.24) is 10.3 Å². The molecule has 0 saturated carbocycles. The number of hydrogen-bond donors (Lipinski definition) is 3. The van der Waals surface area contributed by atoms with E-state index in [1.165, 1.54) is 11.3 Å². The van der Waals surface area contributed by atoms with Crippen molar-refractivity contribution in [3.63, 3.8) is 0 Å². The van der Waals surface area contributed by atoms with Crippen molar-refractivity contribution in [3.05, 3.63) is 59.1 Å². The third-order valence-corrected chi connectivity index (χ3v) is 4.95. The van der Waals surface area contributed by atoms with E-state index in [0.717, 1.165) is 16.3 Å². The van der Waals surface area contributed by atoms with E-state index >= 15 is 0 Å². The highest BCUT2D eigenvalue weighted by Gasteiger charge is 2.18. The molecular formula is C20H20N4O3S. The number of hydrogen-bond acceptors (Lipinski definition) is 5. The van der Waals surface area contributed by atoms with Crippen LogP contribution < -0.4 is 16.4 Å². The molecule has 7 nitrogen and oxygen atoms in total. The summed E-state index contributed by atoms with van der Waals surface area (Å²) in [5, 5.41) is 9.43. The molecule has 1 atom stereocenters. The molecule has 0 unspecified atom stereocenters. The maximum Gasteiger partial charge on any atom is 0.248 e. The fraction of sp³-hybridized carbons (Fsp3) is 0.200. The van der Waals surface area contributed by atoms with Gasteiger partial charge in [-0.3, -0.25) is 14.4 Å². The minimum absolute atomic E-state index is 0.0176. The van der Waals surface area contributed by atoms with Crippen LogP contribution in [0.15, 0.2) is 47.8 Å². The molecule has 4 N–H and O–H groups in total. The van der Waals surface area contributed by atoms with Crippen LogP contribution in [0.5, 0.6) is 0 Å². The molecule has 1 heterocycles. The van der Waals surface area contributed by atoms with E-state index in [2.05, 4.69) is 15.6 Å². The van der Waals surface area contributed by atoms with Gasteiger partial charge in [0.25, 0.3) is 0 Å². The number of aromatic nitrogens is 1. The van der Waals surface area contributed by atoms with E-state index in [1.54, 1.807) is 12.3 Å². The zero-order valence-electron chi connectivity index (χ0n) is 15.3. The standard InChI is InChI=1S/C20H20N4O3S/c1-12(19(27)24-20-23-15(11-28-20)10-17(21)25)22-18(26)9-14-7-4-6-13-5-2-3-8-16(13)14/h2-8,11-12H,9-10H2,1H3,(H2,21,25)(H,22,26)(H,23,24,27)/t12-/m0/s1. The summed E-state index contributed by atoms with van der Waals surface area (Å²) < 4.78 is 0. The first kappa shape index (κ1) is 19.5. The first-order valence-electron chi connectivity index (χ1n) is 8.72. The zero-order chi connectivity index (χ0) is 20.1. The van der Waals surface area contributed by atoms with Gasteiger partial charge < -0.3 is 16.4 Å². The highest BCUT2D eigenvalue weighted by atomic mass is 32.1. The summed E-state index contributed by atoms with van der Waals surface area (Å²) in [6.07, 6.45) is 0.197. The monoisotopic (exact) mass is 396 g/mol. The molecule has 0 aliphatic heterocycles. The van der Waals surface area contributed by atoms with Crippen LogP contribution in [0.3, 0.4) is 0 Å². The summed E-state index contributed by atoms with van der Waals surface area (Å²) in [6, 6.07) is 12.9. The van der Waals surface area contributed by atoms with Crippen LogP contribution in [0.2, 0.25) is 0 Å². The largest absolute Gasteiger partial charge is 0.369 e. The van der Waals surface area contributed by atoms with E-state index in [1.807, 2.05) is 42.5 Å². The first-order valence-corrected chi connectivity index (χ1v) is 9.60. The lowest BCUT2D eigenvalue weighted by atomic mass is 10.0. The van der Waals surface area contributed by atoms with Gasteiger partial charge in [0.05, 0.1) is 18.5 Å². The van der Waals surface area contributed by atoms with Crippen molar-refractivity contribution in [2.45, 2.75) is 25.8 Å². The second-order valence-electron chi connectivity index (χ2n) is 6.38. The number of nitrogens with one attached hydrogen (secondary N) is 2. The van der Waals surface area contributed by atoms with Crippen molar-refractivity contribution in [1.29, 1.82) is 0 Å².